The van der Waals surface area contributed by atoms with Crippen LogP contribution in [0.1, 0.15) is 33.3 Å². The van der Waals surface area contributed by atoms with E-state index in [0.29, 0.717) is 22.3 Å². The monoisotopic (exact) mass is 440 g/mol. The molecule has 2 aromatic carbocycles. The number of ether oxygens (including phenoxy) is 2. The largest absolute Gasteiger partial charge is 0.497 e. The van der Waals surface area contributed by atoms with Crippen LogP contribution in [0.25, 0.3) is 0 Å². The van der Waals surface area contributed by atoms with Crippen molar-refractivity contribution in [1.82, 2.24) is 0 Å². The van der Waals surface area contributed by atoms with E-state index in [9.17, 15) is 4.79 Å². The highest BCUT2D eigenvalue weighted by molar-refractivity contribution is 7.80. The third-order valence-electron chi connectivity index (χ3n) is 4.41. The first-order chi connectivity index (χ1) is 14.5. The van der Waals surface area contributed by atoms with Crippen molar-refractivity contribution in [3.8, 4) is 5.75 Å². The highest BCUT2D eigenvalue weighted by Crippen LogP contribution is 2.31. The maximum atomic E-state index is 12.5. The summed E-state index contributed by atoms with van der Waals surface area (Å²) in [6.45, 7) is 4.08. The van der Waals surface area contributed by atoms with Crippen molar-refractivity contribution in [2.24, 2.45) is 0 Å². The number of benzene rings is 2. The normalized spacial score (nSPS) is 10.4. The number of thiocarbonyl (C=S) groups is 1. The third kappa shape index (κ3) is 5.58. The average Bonchev–Trinajstić information content (AvgIpc) is 3.12. The molecule has 5 nitrogen and oxygen atoms in total. The van der Waals surface area contributed by atoms with Crippen molar-refractivity contribution < 1.29 is 14.3 Å². The van der Waals surface area contributed by atoms with E-state index < -0.39 is 0 Å². The van der Waals surface area contributed by atoms with Gasteiger partial charge in [-0.1, -0.05) is 30.3 Å². The zero-order valence-electron chi connectivity index (χ0n) is 17.2. The molecule has 0 bridgehead atoms. The molecule has 0 saturated heterocycles. The summed E-state index contributed by atoms with van der Waals surface area (Å²) in [5.74, 6) is 0.421. The predicted molar refractivity (Wildman–Crippen MR) is 127 cm³/mol. The summed E-state index contributed by atoms with van der Waals surface area (Å²) < 4.78 is 10.5. The van der Waals surface area contributed by atoms with Crippen molar-refractivity contribution in [2.75, 3.05) is 24.4 Å². The van der Waals surface area contributed by atoms with E-state index in [-0.39, 0.29) is 5.97 Å². The van der Waals surface area contributed by atoms with Crippen LogP contribution < -0.4 is 15.4 Å². The second-order valence-corrected chi connectivity index (χ2v) is 8.14. The summed E-state index contributed by atoms with van der Waals surface area (Å²) >= 11 is 6.99. The first kappa shape index (κ1) is 21.8. The molecule has 156 valence electrons. The Kier molecular flexibility index (Phi) is 7.43. The number of rotatable bonds is 7. The lowest BCUT2D eigenvalue weighted by atomic mass is 10.1. The van der Waals surface area contributed by atoms with Gasteiger partial charge in [0, 0.05) is 17.0 Å². The van der Waals surface area contributed by atoms with Crippen LogP contribution in [-0.2, 0) is 11.2 Å². The maximum Gasteiger partial charge on any atom is 0.341 e. The van der Waals surface area contributed by atoms with Gasteiger partial charge in [0.15, 0.2) is 5.11 Å². The van der Waals surface area contributed by atoms with Crippen LogP contribution in [0.3, 0.4) is 0 Å². The summed E-state index contributed by atoms with van der Waals surface area (Å²) in [7, 11) is 1.63. The summed E-state index contributed by atoms with van der Waals surface area (Å²) in [5.41, 5.74) is 3.53. The van der Waals surface area contributed by atoms with E-state index in [1.165, 1.54) is 16.9 Å². The Hall–Kier alpha value is -2.90. The number of hydrogen-bond donors (Lipinski definition) is 2. The van der Waals surface area contributed by atoms with Gasteiger partial charge in [0.1, 0.15) is 10.8 Å². The van der Waals surface area contributed by atoms with Gasteiger partial charge >= 0.3 is 5.97 Å². The molecule has 3 aromatic rings. The van der Waals surface area contributed by atoms with E-state index in [4.69, 9.17) is 21.7 Å². The van der Waals surface area contributed by atoms with Crippen LogP contribution in [0.2, 0.25) is 0 Å². The molecule has 0 saturated carbocycles. The fraction of sp³-hybridized carbons (Fsp3) is 0.217. The molecule has 2 N–H and O–H groups in total. The Labute approximate surface area is 186 Å². The van der Waals surface area contributed by atoms with Gasteiger partial charge < -0.3 is 20.1 Å². The molecular weight excluding hydrogens is 416 g/mol. The number of aryl methyl sites for hydroxylation is 1. The molecule has 1 heterocycles. The second-order valence-electron chi connectivity index (χ2n) is 6.60. The summed E-state index contributed by atoms with van der Waals surface area (Å²) in [6, 6.07) is 17.7. The van der Waals surface area contributed by atoms with Gasteiger partial charge in [-0.05, 0) is 61.5 Å². The van der Waals surface area contributed by atoms with Crippen LogP contribution in [0.15, 0.2) is 54.6 Å². The maximum absolute atomic E-state index is 12.5. The average molecular weight is 441 g/mol. The molecule has 0 spiro atoms. The molecule has 0 radical (unpaired) electrons. The molecule has 7 heteroatoms. The van der Waals surface area contributed by atoms with Gasteiger partial charge in [-0.15, -0.1) is 11.3 Å². The summed E-state index contributed by atoms with van der Waals surface area (Å²) in [4.78, 5) is 13.5. The van der Waals surface area contributed by atoms with Crippen molar-refractivity contribution in [3.63, 3.8) is 0 Å². The molecular formula is C23H24N2O3S2. The SMILES string of the molecule is CCOC(=O)c1cc(Cc2ccccc2)sc1NC(=S)Nc1ccc(OC)cc1C. The number of carbonyl (C=O) groups excluding carboxylic acids is 1. The van der Waals surface area contributed by atoms with Crippen LogP contribution in [0, 0.1) is 6.92 Å². The standard InChI is InChI=1S/C23H24N2O3S2/c1-4-28-22(26)19-14-18(13-16-8-6-5-7-9-16)30-21(19)25-23(29)24-20-11-10-17(27-3)12-15(20)2/h5-12,14H,4,13H2,1-3H3,(H2,24,25,29). The van der Waals surface area contributed by atoms with Crippen LogP contribution in [0.4, 0.5) is 10.7 Å². The van der Waals surface area contributed by atoms with Crippen molar-refractivity contribution in [3.05, 3.63) is 76.2 Å². The minimum absolute atomic E-state index is 0.315. The molecule has 0 aliphatic heterocycles. The minimum Gasteiger partial charge on any atom is -0.497 e. The molecule has 0 fully saturated rings. The summed E-state index contributed by atoms with van der Waals surface area (Å²) in [6.07, 6.45) is 0.734. The van der Waals surface area contributed by atoms with E-state index in [1.54, 1.807) is 14.0 Å². The second kappa shape index (κ2) is 10.2. The highest BCUT2D eigenvalue weighted by atomic mass is 32.1. The number of thiophene rings is 1. The summed E-state index contributed by atoms with van der Waals surface area (Å²) in [5, 5.41) is 7.43. The number of esters is 1. The Bertz CT molecular complexity index is 1030. The van der Waals surface area contributed by atoms with Gasteiger partial charge in [0.25, 0.3) is 0 Å². The minimum atomic E-state index is -0.362. The molecule has 0 aliphatic rings. The van der Waals surface area contributed by atoms with Crippen LogP contribution in [0.5, 0.6) is 5.75 Å². The van der Waals surface area contributed by atoms with Gasteiger partial charge in [-0.2, -0.15) is 0 Å². The smallest absolute Gasteiger partial charge is 0.341 e. The Morgan fingerprint density at radius 3 is 2.53 bits per heavy atom. The number of methoxy groups -OCH3 is 1. The fourth-order valence-electron chi connectivity index (χ4n) is 2.94. The van der Waals surface area contributed by atoms with E-state index in [1.807, 2.05) is 49.4 Å². The molecule has 1 aromatic heterocycles. The number of hydrogen-bond acceptors (Lipinski definition) is 5. The van der Waals surface area contributed by atoms with E-state index in [2.05, 4.69) is 22.8 Å². The van der Waals surface area contributed by atoms with Crippen LogP contribution >= 0.6 is 23.6 Å². The molecule has 30 heavy (non-hydrogen) atoms. The van der Waals surface area contributed by atoms with Gasteiger partial charge in [0.05, 0.1) is 19.3 Å². The first-order valence-electron chi connectivity index (χ1n) is 9.56. The van der Waals surface area contributed by atoms with E-state index >= 15 is 0 Å². The van der Waals surface area contributed by atoms with Crippen LogP contribution in [-0.4, -0.2) is 24.8 Å². The zero-order chi connectivity index (χ0) is 21.5. The molecule has 0 atom stereocenters. The lowest BCUT2D eigenvalue weighted by Gasteiger charge is -2.13. The lowest BCUT2D eigenvalue weighted by molar-refractivity contribution is 0.0528. The Balaban J connectivity index is 1.79. The Morgan fingerprint density at radius 1 is 1.10 bits per heavy atom. The first-order valence-corrected chi connectivity index (χ1v) is 10.8. The van der Waals surface area contributed by atoms with Gasteiger partial charge in [0.2, 0.25) is 0 Å². The predicted octanol–water partition coefficient (Wildman–Crippen LogP) is 5.64. The van der Waals surface area contributed by atoms with Gasteiger partial charge in [-0.25, -0.2) is 4.79 Å². The number of anilines is 2. The zero-order valence-corrected chi connectivity index (χ0v) is 18.8. The van der Waals surface area contributed by atoms with Crippen molar-refractivity contribution in [1.29, 1.82) is 0 Å². The third-order valence-corrected chi connectivity index (χ3v) is 5.66. The molecule has 0 aliphatic carbocycles. The number of carbonyl (C=O) groups is 1. The highest BCUT2D eigenvalue weighted by Gasteiger charge is 2.18. The van der Waals surface area contributed by atoms with Gasteiger partial charge in [-0.3, -0.25) is 0 Å². The number of nitrogens with one attached hydrogen (secondary N) is 2. The molecule has 0 unspecified atom stereocenters. The lowest BCUT2D eigenvalue weighted by Crippen LogP contribution is -2.20. The quantitative estimate of drug-likeness (QED) is 0.366. The van der Waals surface area contributed by atoms with Crippen molar-refractivity contribution >= 4 is 45.3 Å². The molecule has 0 amide bonds. The van der Waals surface area contributed by atoms with E-state index in [0.717, 1.165) is 28.3 Å². The Morgan fingerprint density at radius 2 is 1.87 bits per heavy atom. The topological polar surface area (TPSA) is 59.6 Å². The molecule has 3 rings (SSSR count). The fourth-order valence-corrected chi connectivity index (χ4v) is 4.30. The van der Waals surface area contributed by atoms with Crippen molar-refractivity contribution in [2.45, 2.75) is 20.3 Å².